The van der Waals surface area contributed by atoms with Gasteiger partial charge < -0.3 is 14.7 Å². The molecule has 3 rings (SSSR count). The van der Waals surface area contributed by atoms with Gasteiger partial charge in [-0.15, -0.1) is 0 Å². The highest BCUT2D eigenvalue weighted by Gasteiger charge is 2.47. The first-order valence-corrected chi connectivity index (χ1v) is 8.49. The highest BCUT2D eigenvalue weighted by atomic mass is 16.5. The number of carbonyl (C=O) groups excluding carboxylic acids is 2. The third-order valence-electron chi connectivity index (χ3n) is 5.31. The lowest BCUT2D eigenvalue weighted by Gasteiger charge is -2.34. The molecule has 126 valence electrons. The Hall–Kier alpha value is -1.85. The van der Waals surface area contributed by atoms with Crippen molar-refractivity contribution in [3.8, 4) is 0 Å². The third-order valence-corrected chi connectivity index (χ3v) is 5.31. The van der Waals surface area contributed by atoms with Gasteiger partial charge in [0.2, 0.25) is 5.91 Å². The van der Waals surface area contributed by atoms with Gasteiger partial charge in [-0.3, -0.25) is 9.59 Å². The number of carbonyl (C=O) groups is 2. The molecule has 1 saturated carbocycles. The van der Waals surface area contributed by atoms with Crippen molar-refractivity contribution in [2.45, 2.75) is 70.9 Å². The first-order valence-electron chi connectivity index (χ1n) is 8.49. The molecule has 6 nitrogen and oxygen atoms in total. The summed E-state index contributed by atoms with van der Waals surface area (Å²) < 4.78 is 5.11. The van der Waals surface area contributed by atoms with Crippen LogP contribution in [0.4, 0.5) is 0 Å². The normalized spacial score (nSPS) is 25.1. The summed E-state index contributed by atoms with van der Waals surface area (Å²) in [5, 5.41) is 7.01. The zero-order chi connectivity index (χ0) is 16.6. The van der Waals surface area contributed by atoms with E-state index >= 15 is 0 Å². The minimum atomic E-state index is -0.782. The van der Waals surface area contributed by atoms with E-state index in [9.17, 15) is 9.59 Å². The smallest absolute Gasteiger partial charge is 0.260 e. The van der Waals surface area contributed by atoms with Crippen molar-refractivity contribution < 1.29 is 14.1 Å². The van der Waals surface area contributed by atoms with E-state index in [1.54, 1.807) is 18.7 Å². The van der Waals surface area contributed by atoms with E-state index in [0.717, 1.165) is 19.3 Å². The lowest BCUT2D eigenvalue weighted by molar-refractivity contribution is -0.130. The number of aryl methyl sites for hydroxylation is 2. The zero-order valence-electron chi connectivity index (χ0n) is 14.1. The Morgan fingerprint density at radius 2 is 1.96 bits per heavy atom. The van der Waals surface area contributed by atoms with Crippen LogP contribution in [0.3, 0.4) is 0 Å². The van der Waals surface area contributed by atoms with Crippen LogP contribution in [0.5, 0.6) is 0 Å². The van der Waals surface area contributed by atoms with Crippen molar-refractivity contribution in [2.24, 2.45) is 0 Å². The molecule has 1 atom stereocenters. The van der Waals surface area contributed by atoms with Crippen LogP contribution in [0.2, 0.25) is 0 Å². The number of rotatable bonds is 3. The van der Waals surface area contributed by atoms with Crippen molar-refractivity contribution in [1.29, 1.82) is 0 Å². The molecule has 1 aliphatic carbocycles. The minimum absolute atomic E-state index is 0.0259. The fourth-order valence-corrected chi connectivity index (χ4v) is 3.86. The quantitative estimate of drug-likeness (QED) is 0.928. The van der Waals surface area contributed by atoms with Gasteiger partial charge in [-0.2, -0.15) is 0 Å². The summed E-state index contributed by atoms with van der Waals surface area (Å²) in [6, 6.07) is 0.260. The molecular formula is C17H25N3O3. The number of likely N-dealkylation sites (tertiary alicyclic amines) is 1. The minimum Gasteiger partial charge on any atom is -0.361 e. The maximum absolute atomic E-state index is 13.0. The molecule has 0 unspecified atom stereocenters. The Kier molecular flexibility index (Phi) is 4.17. The summed E-state index contributed by atoms with van der Waals surface area (Å²) in [5.74, 6) is 0.336. The third kappa shape index (κ3) is 2.75. The van der Waals surface area contributed by atoms with E-state index in [0.29, 0.717) is 30.0 Å². The number of hydrogen-bond acceptors (Lipinski definition) is 4. The number of hydrogen-bond donors (Lipinski definition) is 1. The van der Waals surface area contributed by atoms with Gasteiger partial charge in [-0.25, -0.2) is 0 Å². The Morgan fingerprint density at radius 1 is 1.26 bits per heavy atom. The number of nitrogens with one attached hydrogen (secondary N) is 1. The summed E-state index contributed by atoms with van der Waals surface area (Å²) >= 11 is 0. The molecule has 2 heterocycles. The average molecular weight is 319 g/mol. The van der Waals surface area contributed by atoms with Crippen LogP contribution in [0.25, 0.3) is 0 Å². The molecule has 1 aromatic heterocycles. The molecule has 1 N–H and O–H groups in total. The SMILES string of the molecule is Cc1noc(C)c1C(=O)N1CCC[C@]1(C)C(=O)NC1CCCC1. The van der Waals surface area contributed by atoms with E-state index in [1.807, 2.05) is 6.92 Å². The summed E-state index contributed by atoms with van der Waals surface area (Å²) in [6.07, 6.45) is 5.95. The number of amides is 2. The van der Waals surface area contributed by atoms with Crippen LogP contribution < -0.4 is 5.32 Å². The predicted molar refractivity (Wildman–Crippen MR) is 85.1 cm³/mol. The molecule has 1 aromatic rings. The summed E-state index contributed by atoms with van der Waals surface area (Å²) in [4.78, 5) is 27.5. The van der Waals surface area contributed by atoms with Crippen molar-refractivity contribution in [2.75, 3.05) is 6.54 Å². The van der Waals surface area contributed by atoms with Gasteiger partial charge in [0, 0.05) is 12.6 Å². The van der Waals surface area contributed by atoms with E-state index < -0.39 is 5.54 Å². The van der Waals surface area contributed by atoms with Gasteiger partial charge in [0.05, 0.1) is 5.69 Å². The largest absolute Gasteiger partial charge is 0.361 e. The second-order valence-corrected chi connectivity index (χ2v) is 6.99. The van der Waals surface area contributed by atoms with Gasteiger partial charge >= 0.3 is 0 Å². The summed E-state index contributed by atoms with van der Waals surface area (Å²) in [6.45, 7) is 5.97. The van der Waals surface area contributed by atoms with Crippen LogP contribution in [-0.4, -0.2) is 40.0 Å². The Morgan fingerprint density at radius 3 is 2.57 bits per heavy atom. The number of nitrogens with zero attached hydrogens (tertiary/aromatic N) is 2. The van der Waals surface area contributed by atoms with Crippen LogP contribution in [0, 0.1) is 13.8 Å². The molecule has 0 bridgehead atoms. The average Bonchev–Trinajstić information content (AvgIpc) is 3.21. The molecule has 2 fully saturated rings. The van der Waals surface area contributed by atoms with E-state index in [-0.39, 0.29) is 17.9 Å². The fourth-order valence-electron chi connectivity index (χ4n) is 3.86. The molecule has 2 aliphatic rings. The first kappa shape index (κ1) is 16.0. The van der Waals surface area contributed by atoms with E-state index in [2.05, 4.69) is 10.5 Å². The highest BCUT2D eigenvalue weighted by molar-refractivity contribution is 6.00. The van der Waals surface area contributed by atoms with Crippen LogP contribution >= 0.6 is 0 Å². The maximum atomic E-state index is 13.0. The van der Waals surface area contributed by atoms with Crippen LogP contribution in [0.15, 0.2) is 4.52 Å². The molecule has 1 saturated heterocycles. The molecule has 0 radical (unpaired) electrons. The van der Waals surface area contributed by atoms with Crippen LogP contribution in [-0.2, 0) is 4.79 Å². The molecule has 0 spiro atoms. The topological polar surface area (TPSA) is 75.4 Å². The second-order valence-electron chi connectivity index (χ2n) is 6.99. The monoisotopic (exact) mass is 319 g/mol. The van der Waals surface area contributed by atoms with Crippen molar-refractivity contribution in [3.63, 3.8) is 0 Å². The summed E-state index contributed by atoms with van der Waals surface area (Å²) in [7, 11) is 0. The van der Waals surface area contributed by atoms with Crippen molar-refractivity contribution >= 4 is 11.8 Å². The Labute approximate surface area is 136 Å². The van der Waals surface area contributed by atoms with E-state index in [1.165, 1.54) is 12.8 Å². The lowest BCUT2D eigenvalue weighted by Crippen LogP contribution is -2.57. The Balaban J connectivity index is 1.80. The van der Waals surface area contributed by atoms with Gasteiger partial charge in [0.15, 0.2) is 0 Å². The highest BCUT2D eigenvalue weighted by Crippen LogP contribution is 2.32. The molecule has 2 amide bonds. The van der Waals surface area contributed by atoms with Gasteiger partial charge in [0.25, 0.3) is 5.91 Å². The van der Waals surface area contributed by atoms with Gasteiger partial charge in [-0.05, 0) is 46.5 Å². The molecule has 0 aromatic carbocycles. The standard InChI is InChI=1S/C17H25N3O3/c1-11-14(12(2)23-19-11)15(21)20-10-6-9-17(20,3)16(22)18-13-7-4-5-8-13/h13H,4-10H2,1-3H3,(H,18,22)/t17-/m1/s1. The lowest BCUT2D eigenvalue weighted by atomic mass is 9.96. The Bertz CT molecular complexity index is 599. The number of aromatic nitrogens is 1. The molecule has 23 heavy (non-hydrogen) atoms. The first-order chi connectivity index (χ1) is 10.9. The predicted octanol–water partition coefficient (Wildman–Crippen LogP) is 2.34. The van der Waals surface area contributed by atoms with E-state index in [4.69, 9.17) is 4.52 Å². The maximum Gasteiger partial charge on any atom is 0.260 e. The summed E-state index contributed by atoms with van der Waals surface area (Å²) in [5.41, 5.74) is 0.292. The second kappa shape index (κ2) is 5.98. The fraction of sp³-hybridized carbons (Fsp3) is 0.706. The van der Waals surface area contributed by atoms with Crippen molar-refractivity contribution in [1.82, 2.24) is 15.4 Å². The molecule has 1 aliphatic heterocycles. The zero-order valence-corrected chi connectivity index (χ0v) is 14.1. The molecular weight excluding hydrogens is 294 g/mol. The van der Waals surface area contributed by atoms with Crippen molar-refractivity contribution in [3.05, 3.63) is 17.0 Å². The van der Waals surface area contributed by atoms with Gasteiger partial charge in [0.1, 0.15) is 16.9 Å². The van der Waals surface area contributed by atoms with Gasteiger partial charge in [-0.1, -0.05) is 18.0 Å². The van der Waals surface area contributed by atoms with Crippen LogP contribution in [0.1, 0.15) is 67.3 Å². The molecule has 6 heteroatoms.